The van der Waals surface area contributed by atoms with Crippen LogP contribution in [0.25, 0.3) is 0 Å². The van der Waals surface area contributed by atoms with Gasteiger partial charge in [-0.05, 0) is 24.1 Å². The maximum Gasteiger partial charge on any atom is 0.243 e. The second-order valence-corrected chi connectivity index (χ2v) is 5.89. The van der Waals surface area contributed by atoms with Gasteiger partial charge >= 0.3 is 0 Å². The lowest BCUT2D eigenvalue weighted by molar-refractivity contribution is -0.131. The number of benzene rings is 2. The second kappa shape index (κ2) is 7.43. The first-order chi connectivity index (χ1) is 10.5. The Bertz CT molecular complexity index is 628. The zero-order chi connectivity index (χ0) is 16.1. The van der Waals surface area contributed by atoms with Crippen LogP contribution in [0.1, 0.15) is 30.1 Å². The molecule has 0 radical (unpaired) electrons. The van der Waals surface area contributed by atoms with Crippen LogP contribution in [0, 0.1) is 0 Å². The average molecular weight is 317 g/mol. The van der Waals surface area contributed by atoms with Crippen molar-refractivity contribution in [1.29, 1.82) is 0 Å². The Kier molecular flexibility index (Phi) is 5.58. The first-order valence-corrected chi connectivity index (χ1v) is 7.65. The van der Waals surface area contributed by atoms with Crippen molar-refractivity contribution in [2.45, 2.75) is 19.0 Å². The van der Waals surface area contributed by atoms with Crippen LogP contribution < -0.4 is 5.32 Å². The molecule has 0 bridgehead atoms. The van der Waals surface area contributed by atoms with Gasteiger partial charge in [0.1, 0.15) is 6.04 Å². The topological polar surface area (TPSA) is 32.3 Å². The maximum absolute atomic E-state index is 12.5. The van der Waals surface area contributed by atoms with Gasteiger partial charge in [-0.1, -0.05) is 60.1 Å². The van der Waals surface area contributed by atoms with E-state index in [0.717, 1.165) is 11.1 Å². The molecule has 0 heterocycles. The summed E-state index contributed by atoms with van der Waals surface area (Å²) in [6.07, 6.45) is 0. The molecule has 0 aliphatic heterocycles. The minimum Gasteiger partial charge on any atom is -0.347 e. The highest BCUT2D eigenvalue weighted by Gasteiger charge is 2.24. The highest BCUT2D eigenvalue weighted by Crippen LogP contribution is 2.26. The number of rotatable bonds is 5. The Balaban J connectivity index is 2.27. The van der Waals surface area contributed by atoms with Gasteiger partial charge in [-0.2, -0.15) is 0 Å². The smallest absolute Gasteiger partial charge is 0.243 e. The van der Waals surface area contributed by atoms with Crippen LogP contribution in [0.5, 0.6) is 0 Å². The van der Waals surface area contributed by atoms with Crippen molar-refractivity contribution >= 4 is 17.5 Å². The molecular weight excluding hydrogens is 296 g/mol. The van der Waals surface area contributed by atoms with Crippen molar-refractivity contribution in [2.24, 2.45) is 0 Å². The Morgan fingerprint density at radius 3 is 2.23 bits per heavy atom. The van der Waals surface area contributed by atoms with E-state index in [1.54, 1.807) is 19.0 Å². The van der Waals surface area contributed by atoms with Crippen molar-refractivity contribution in [2.75, 3.05) is 14.1 Å². The normalized spacial score (nSPS) is 13.5. The van der Waals surface area contributed by atoms with Gasteiger partial charge in [0.2, 0.25) is 5.91 Å². The lowest BCUT2D eigenvalue weighted by Crippen LogP contribution is -2.38. The van der Waals surface area contributed by atoms with Crippen molar-refractivity contribution in [3.05, 3.63) is 70.7 Å². The summed E-state index contributed by atoms with van der Waals surface area (Å²) in [5, 5.41) is 4.10. The number of likely N-dealkylation sites (N-methyl/N-ethyl adjacent to an activating group) is 1. The molecule has 0 unspecified atom stereocenters. The highest BCUT2D eigenvalue weighted by molar-refractivity contribution is 6.31. The zero-order valence-corrected chi connectivity index (χ0v) is 13.8. The first kappa shape index (κ1) is 16.5. The van der Waals surface area contributed by atoms with Crippen molar-refractivity contribution < 1.29 is 4.79 Å². The lowest BCUT2D eigenvalue weighted by atomic mass is 10.0. The van der Waals surface area contributed by atoms with E-state index in [1.807, 2.05) is 61.5 Å². The molecule has 0 saturated heterocycles. The molecule has 1 N–H and O–H groups in total. The highest BCUT2D eigenvalue weighted by atomic mass is 35.5. The summed E-state index contributed by atoms with van der Waals surface area (Å²) in [7, 11) is 3.53. The van der Waals surface area contributed by atoms with E-state index < -0.39 is 6.04 Å². The minimum atomic E-state index is -0.400. The number of amides is 1. The fourth-order valence-corrected chi connectivity index (χ4v) is 2.68. The van der Waals surface area contributed by atoms with E-state index in [4.69, 9.17) is 11.6 Å². The molecular formula is C18H21ClN2O. The summed E-state index contributed by atoms with van der Waals surface area (Å²) >= 11 is 6.26. The molecule has 4 heteroatoms. The van der Waals surface area contributed by atoms with E-state index >= 15 is 0 Å². The summed E-state index contributed by atoms with van der Waals surface area (Å²) in [4.78, 5) is 14.1. The number of nitrogens with one attached hydrogen (secondary N) is 1. The van der Waals surface area contributed by atoms with Crippen molar-refractivity contribution in [3.8, 4) is 0 Å². The van der Waals surface area contributed by atoms with Crippen molar-refractivity contribution in [3.63, 3.8) is 0 Å². The maximum atomic E-state index is 12.5. The van der Waals surface area contributed by atoms with E-state index in [-0.39, 0.29) is 11.9 Å². The molecule has 0 saturated carbocycles. The van der Waals surface area contributed by atoms with E-state index in [9.17, 15) is 4.79 Å². The number of carbonyl (C=O) groups excluding carboxylic acids is 1. The third-order valence-corrected chi connectivity index (χ3v) is 3.95. The van der Waals surface area contributed by atoms with Gasteiger partial charge in [-0.25, -0.2) is 0 Å². The number of hydrogen-bond acceptors (Lipinski definition) is 2. The minimum absolute atomic E-state index is 0.0186. The number of halogens is 1. The fraction of sp³-hybridized carbons (Fsp3) is 0.278. The van der Waals surface area contributed by atoms with Crippen LogP contribution in [0.2, 0.25) is 5.02 Å². The summed E-state index contributed by atoms with van der Waals surface area (Å²) in [6.45, 7) is 2.01. The summed E-state index contributed by atoms with van der Waals surface area (Å²) in [6, 6.07) is 17.0. The molecule has 0 aliphatic rings. The van der Waals surface area contributed by atoms with E-state index in [2.05, 4.69) is 5.32 Å². The summed E-state index contributed by atoms with van der Waals surface area (Å²) in [5.74, 6) is 0.0186. The summed E-state index contributed by atoms with van der Waals surface area (Å²) < 4.78 is 0. The van der Waals surface area contributed by atoms with Gasteiger partial charge in [0.15, 0.2) is 0 Å². The molecule has 2 atom stereocenters. The Morgan fingerprint density at radius 2 is 1.64 bits per heavy atom. The van der Waals surface area contributed by atoms with Crippen LogP contribution in [0.4, 0.5) is 0 Å². The van der Waals surface area contributed by atoms with Crippen LogP contribution in [-0.2, 0) is 4.79 Å². The molecule has 3 nitrogen and oxygen atoms in total. The molecule has 116 valence electrons. The largest absolute Gasteiger partial charge is 0.347 e. The standard InChI is InChI=1S/C18H21ClN2O/c1-13(15-11-7-8-12-16(15)19)20-17(18(22)21(2)3)14-9-5-4-6-10-14/h4-13,17,20H,1-3H3/t13-,17-/m1/s1. The van der Waals surface area contributed by atoms with Crippen LogP contribution in [-0.4, -0.2) is 24.9 Å². The molecule has 0 fully saturated rings. The lowest BCUT2D eigenvalue weighted by Gasteiger charge is -2.26. The zero-order valence-electron chi connectivity index (χ0n) is 13.1. The van der Waals surface area contributed by atoms with Gasteiger partial charge in [0.05, 0.1) is 0 Å². The summed E-state index contributed by atoms with van der Waals surface area (Å²) in [5.41, 5.74) is 1.93. The molecule has 1 amide bonds. The Labute approximate surface area is 136 Å². The van der Waals surface area contributed by atoms with Gasteiger partial charge in [0, 0.05) is 25.2 Å². The average Bonchev–Trinajstić information content (AvgIpc) is 2.53. The van der Waals surface area contributed by atoms with Gasteiger partial charge in [0.25, 0.3) is 0 Å². The quantitative estimate of drug-likeness (QED) is 0.909. The van der Waals surface area contributed by atoms with Gasteiger partial charge in [-0.3, -0.25) is 10.1 Å². The SMILES string of the molecule is C[C@@H](N[C@@H](C(=O)N(C)C)c1ccccc1)c1ccccc1Cl. The van der Waals surface area contributed by atoms with Gasteiger partial charge in [-0.15, -0.1) is 0 Å². The van der Waals surface area contributed by atoms with E-state index in [1.165, 1.54) is 0 Å². The molecule has 0 aromatic heterocycles. The molecule has 2 aromatic rings. The fourth-order valence-electron chi connectivity index (χ4n) is 2.38. The van der Waals surface area contributed by atoms with Gasteiger partial charge < -0.3 is 4.90 Å². The van der Waals surface area contributed by atoms with Crippen LogP contribution >= 0.6 is 11.6 Å². The molecule has 2 rings (SSSR count). The monoisotopic (exact) mass is 316 g/mol. The molecule has 2 aromatic carbocycles. The molecule has 0 spiro atoms. The Hall–Kier alpha value is -1.84. The molecule has 22 heavy (non-hydrogen) atoms. The predicted molar refractivity (Wildman–Crippen MR) is 90.9 cm³/mol. The van der Waals surface area contributed by atoms with E-state index in [0.29, 0.717) is 5.02 Å². The number of nitrogens with zero attached hydrogens (tertiary/aromatic N) is 1. The third kappa shape index (κ3) is 3.87. The van der Waals surface area contributed by atoms with Crippen molar-refractivity contribution in [1.82, 2.24) is 10.2 Å². The Morgan fingerprint density at radius 1 is 1.05 bits per heavy atom. The third-order valence-electron chi connectivity index (χ3n) is 3.61. The number of hydrogen-bond donors (Lipinski definition) is 1. The van der Waals surface area contributed by atoms with Crippen LogP contribution in [0.15, 0.2) is 54.6 Å². The predicted octanol–water partition coefficient (Wildman–Crippen LogP) is 3.82. The molecule has 0 aliphatic carbocycles. The van der Waals surface area contributed by atoms with Crippen LogP contribution in [0.3, 0.4) is 0 Å². The number of carbonyl (C=O) groups is 1. The first-order valence-electron chi connectivity index (χ1n) is 7.27. The second-order valence-electron chi connectivity index (χ2n) is 5.49.